The predicted octanol–water partition coefficient (Wildman–Crippen LogP) is 5.13. The van der Waals surface area contributed by atoms with E-state index in [2.05, 4.69) is 5.32 Å². The van der Waals surface area contributed by atoms with Crippen LogP contribution in [0.5, 0.6) is 11.5 Å². The molecule has 0 unspecified atom stereocenters. The maximum Gasteiger partial charge on any atom is 0.290 e. The van der Waals surface area contributed by atoms with Gasteiger partial charge in [-0.25, -0.2) is 0 Å². The Bertz CT molecular complexity index is 1100. The van der Waals surface area contributed by atoms with Crippen LogP contribution in [-0.2, 0) is 11.3 Å². The van der Waals surface area contributed by atoms with Crippen LogP contribution in [0, 0.1) is 0 Å². The first-order chi connectivity index (χ1) is 17.1. The highest BCUT2D eigenvalue weighted by molar-refractivity contribution is 5.96. The molecular formula is C28H32N2O5. The summed E-state index contributed by atoms with van der Waals surface area (Å²) in [4.78, 5) is 29.1. The van der Waals surface area contributed by atoms with Crippen LogP contribution in [0.4, 0.5) is 0 Å². The van der Waals surface area contributed by atoms with Crippen molar-refractivity contribution >= 4 is 11.8 Å². The first-order valence-electron chi connectivity index (χ1n) is 12.0. The minimum Gasteiger partial charge on any atom is -0.497 e. The summed E-state index contributed by atoms with van der Waals surface area (Å²) in [6.45, 7) is 0.212. The second kappa shape index (κ2) is 11.6. The van der Waals surface area contributed by atoms with Crippen LogP contribution >= 0.6 is 0 Å². The molecule has 4 rings (SSSR count). The molecule has 1 heterocycles. The number of methoxy groups -OCH3 is 2. The normalized spacial score (nSPS) is 14.7. The van der Waals surface area contributed by atoms with Crippen LogP contribution in [0.15, 0.2) is 71.3 Å². The third-order valence-electron chi connectivity index (χ3n) is 6.43. The van der Waals surface area contributed by atoms with Crippen molar-refractivity contribution in [1.82, 2.24) is 10.2 Å². The first kappa shape index (κ1) is 24.4. The summed E-state index contributed by atoms with van der Waals surface area (Å²) in [6.07, 6.45) is 6.72. The Balaban J connectivity index is 1.73. The van der Waals surface area contributed by atoms with Crippen molar-refractivity contribution in [3.63, 3.8) is 0 Å². The Labute approximate surface area is 206 Å². The van der Waals surface area contributed by atoms with Crippen LogP contribution < -0.4 is 14.8 Å². The smallest absolute Gasteiger partial charge is 0.290 e. The van der Waals surface area contributed by atoms with Gasteiger partial charge in [0, 0.05) is 12.6 Å². The lowest BCUT2D eigenvalue weighted by Gasteiger charge is -2.33. The van der Waals surface area contributed by atoms with E-state index in [1.54, 1.807) is 31.3 Å². The van der Waals surface area contributed by atoms with Crippen molar-refractivity contribution in [2.45, 2.75) is 50.7 Å². The molecule has 1 saturated carbocycles. The molecule has 1 aromatic heterocycles. The fraction of sp³-hybridized carbons (Fsp3) is 0.357. The number of rotatable bonds is 9. The Morgan fingerprint density at radius 1 is 0.971 bits per heavy atom. The molecule has 0 aliphatic heterocycles. The number of ether oxygens (including phenoxy) is 2. The summed E-state index contributed by atoms with van der Waals surface area (Å²) in [6, 6.07) is 17.3. The summed E-state index contributed by atoms with van der Waals surface area (Å²) in [5.74, 6) is 0.942. The Morgan fingerprint density at radius 3 is 2.37 bits per heavy atom. The molecule has 1 atom stereocenters. The lowest BCUT2D eigenvalue weighted by Crippen LogP contribution is -2.46. The molecule has 1 aliphatic rings. The third kappa shape index (κ3) is 6.04. The van der Waals surface area contributed by atoms with Gasteiger partial charge in [0.25, 0.3) is 5.91 Å². The zero-order valence-corrected chi connectivity index (χ0v) is 20.2. The quantitative estimate of drug-likeness (QED) is 0.463. The topological polar surface area (TPSA) is 81.0 Å². The fourth-order valence-corrected chi connectivity index (χ4v) is 4.56. The molecule has 0 spiro atoms. The van der Waals surface area contributed by atoms with E-state index in [4.69, 9.17) is 13.9 Å². The molecule has 0 bridgehead atoms. The first-order valence-corrected chi connectivity index (χ1v) is 12.0. The number of hydrogen-bond donors (Lipinski definition) is 1. The van der Waals surface area contributed by atoms with E-state index >= 15 is 0 Å². The average Bonchev–Trinajstić information content (AvgIpc) is 3.44. The van der Waals surface area contributed by atoms with Gasteiger partial charge in [-0.05, 0) is 60.4 Å². The maximum absolute atomic E-state index is 13.8. The molecule has 1 fully saturated rings. The van der Waals surface area contributed by atoms with Gasteiger partial charge in [-0.3, -0.25) is 9.59 Å². The molecular weight excluding hydrogens is 444 g/mol. The molecule has 0 radical (unpaired) electrons. The number of benzene rings is 2. The van der Waals surface area contributed by atoms with Crippen LogP contribution in [0.1, 0.15) is 59.8 Å². The third-order valence-corrected chi connectivity index (χ3v) is 6.43. The number of furan rings is 1. The van der Waals surface area contributed by atoms with Gasteiger partial charge in [-0.2, -0.15) is 0 Å². The minimum absolute atomic E-state index is 0.103. The van der Waals surface area contributed by atoms with E-state index in [0.717, 1.165) is 37.0 Å². The summed E-state index contributed by atoms with van der Waals surface area (Å²) in [5, 5.41) is 3.22. The van der Waals surface area contributed by atoms with Crippen molar-refractivity contribution < 1.29 is 23.5 Å². The highest BCUT2D eigenvalue weighted by atomic mass is 16.5. The fourth-order valence-electron chi connectivity index (χ4n) is 4.56. The zero-order valence-electron chi connectivity index (χ0n) is 20.2. The number of nitrogens with one attached hydrogen (secondary N) is 1. The summed E-state index contributed by atoms with van der Waals surface area (Å²) in [7, 11) is 3.19. The standard InChI is InChI=1S/C28H32N2O5/c1-33-23-15-13-20(14-16-23)19-30(28(32)25-12-7-17-35-25)26(21-8-6-11-24(18-21)34-2)27(31)29-22-9-4-3-5-10-22/h6-8,11-18,22,26H,3-5,9-10,19H2,1-2H3,(H,29,31)/t26-/m1/s1. The number of hydrogen-bond acceptors (Lipinski definition) is 5. The van der Waals surface area contributed by atoms with Gasteiger partial charge in [0.05, 0.1) is 20.5 Å². The highest BCUT2D eigenvalue weighted by Crippen LogP contribution is 2.30. The van der Waals surface area contributed by atoms with E-state index < -0.39 is 6.04 Å². The van der Waals surface area contributed by atoms with Crippen molar-refractivity contribution in [3.8, 4) is 11.5 Å². The maximum atomic E-state index is 13.8. The second-order valence-electron chi connectivity index (χ2n) is 8.78. The van der Waals surface area contributed by atoms with Crippen molar-refractivity contribution in [1.29, 1.82) is 0 Å². The van der Waals surface area contributed by atoms with Gasteiger partial charge in [-0.15, -0.1) is 0 Å². The van der Waals surface area contributed by atoms with E-state index in [-0.39, 0.29) is 30.2 Å². The molecule has 1 N–H and O–H groups in total. The second-order valence-corrected chi connectivity index (χ2v) is 8.78. The molecule has 7 heteroatoms. The lowest BCUT2D eigenvalue weighted by atomic mass is 9.94. The van der Waals surface area contributed by atoms with Crippen LogP contribution in [0.25, 0.3) is 0 Å². The summed E-state index contributed by atoms with van der Waals surface area (Å²) < 4.78 is 16.1. The molecule has 7 nitrogen and oxygen atoms in total. The van der Waals surface area contributed by atoms with Crippen LogP contribution in [0.2, 0.25) is 0 Å². The van der Waals surface area contributed by atoms with Gasteiger partial charge in [0.15, 0.2) is 5.76 Å². The molecule has 2 aromatic carbocycles. The summed E-state index contributed by atoms with van der Waals surface area (Å²) >= 11 is 0. The predicted molar refractivity (Wildman–Crippen MR) is 132 cm³/mol. The largest absolute Gasteiger partial charge is 0.497 e. The SMILES string of the molecule is COc1ccc(CN(C(=O)c2ccco2)[C@@H](C(=O)NC2CCCCC2)c2cccc(OC)c2)cc1. The Kier molecular flexibility index (Phi) is 8.08. The molecule has 184 valence electrons. The Morgan fingerprint density at radius 2 is 1.71 bits per heavy atom. The zero-order chi connectivity index (χ0) is 24.6. The molecule has 3 aromatic rings. The highest BCUT2D eigenvalue weighted by Gasteiger charge is 2.34. The van der Waals surface area contributed by atoms with E-state index in [9.17, 15) is 9.59 Å². The van der Waals surface area contributed by atoms with Gasteiger partial charge in [0.2, 0.25) is 5.91 Å². The van der Waals surface area contributed by atoms with Crippen molar-refractivity contribution in [2.24, 2.45) is 0 Å². The monoisotopic (exact) mass is 476 g/mol. The number of carbonyl (C=O) groups excluding carboxylic acids is 2. The number of carbonyl (C=O) groups is 2. The Hall–Kier alpha value is -3.74. The molecule has 2 amide bonds. The summed E-state index contributed by atoms with van der Waals surface area (Å²) in [5.41, 5.74) is 1.54. The molecule has 0 saturated heterocycles. The van der Waals surface area contributed by atoms with Gasteiger partial charge >= 0.3 is 0 Å². The van der Waals surface area contributed by atoms with Crippen molar-refractivity contribution in [3.05, 3.63) is 83.8 Å². The van der Waals surface area contributed by atoms with Crippen molar-refractivity contribution in [2.75, 3.05) is 14.2 Å². The van der Waals surface area contributed by atoms with Gasteiger partial charge in [0.1, 0.15) is 17.5 Å². The van der Waals surface area contributed by atoms with Crippen LogP contribution in [0.3, 0.4) is 0 Å². The van der Waals surface area contributed by atoms with E-state index in [1.165, 1.54) is 12.7 Å². The number of nitrogens with zero attached hydrogens (tertiary/aromatic N) is 1. The van der Waals surface area contributed by atoms with E-state index in [0.29, 0.717) is 11.3 Å². The van der Waals surface area contributed by atoms with E-state index in [1.807, 2.05) is 48.5 Å². The van der Waals surface area contributed by atoms with Crippen LogP contribution in [-0.4, -0.2) is 37.0 Å². The lowest BCUT2D eigenvalue weighted by molar-refractivity contribution is -0.127. The minimum atomic E-state index is -0.869. The van der Waals surface area contributed by atoms with Gasteiger partial charge < -0.3 is 24.1 Å². The number of amides is 2. The molecule has 35 heavy (non-hydrogen) atoms. The van der Waals surface area contributed by atoms with Gasteiger partial charge in [-0.1, -0.05) is 43.5 Å². The molecule has 1 aliphatic carbocycles. The average molecular weight is 477 g/mol.